The van der Waals surface area contributed by atoms with Gasteiger partial charge in [0.15, 0.2) is 0 Å². The van der Waals surface area contributed by atoms with Crippen LogP contribution in [0.3, 0.4) is 0 Å². The topological polar surface area (TPSA) is 45.2 Å². The summed E-state index contributed by atoms with van der Waals surface area (Å²) in [5, 5.41) is 0. The van der Waals surface area contributed by atoms with Crippen LogP contribution in [0.5, 0.6) is 0 Å². The molecule has 1 aliphatic heterocycles. The number of pyridine rings is 1. The van der Waals surface area contributed by atoms with E-state index in [0.29, 0.717) is 61.7 Å². The second kappa shape index (κ2) is 7.97. The number of nitrogens with zero attached hydrogens (tertiary/aromatic N) is 5. The van der Waals surface area contributed by atoms with Crippen LogP contribution in [0.25, 0.3) is 10.5 Å². The third-order valence-corrected chi connectivity index (χ3v) is 5.23. The van der Waals surface area contributed by atoms with Gasteiger partial charge >= 0.3 is 0 Å². The fraction of sp³-hybridized carbons (Fsp3) is 0.286. The normalized spacial score (nSPS) is 14.9. The molecule has 4 rings (SSSR count). The standard InChI is InChI=1S/C21H19F2N5O/c1-24-19-14-25-20-17(3-2-7-28(19)20)21(29)27-11-9-26(10-12-27)8-6-15-4-5-16(22)13-18(15)23/h2-5,7,13-14H,6,8-12H2. The summed E-state index contributed by atoms with van der Waals surface area (Å²) in [6.07, 6.45) is 3.68. The third kappa shape index (κ3) is 3.82. The highest BCUT2D eigenvalue weighted by molar-refractivity contribution is 6.00. The van der Waals surface area contributed by atoms with Gasteiger partial charge in [0.25, 0.3) is 11.7 Å². The van der Waals surface area contributed by atoms with Crippen molar-refractivity contribution in [3.8, 4) is 0 Å². The lowest BCUT2D eigenvalue weighted by atomic mass is 10.1. The molecule has 0 radical (unpaired) electrons. The minimum Gasteiger partial charge on any atom is -0.362 e. The zero-order valence-electron chi connectivity index (χ0n) is 15.7. The Morgan fingerprint density at radius 3 is 2.69 bits per heavy atom. The summed E-state index contributed by atoms with van der Waals surface area (Å²) >= 11 is 0. The van der Waals surface area contributed by atoms with E-state index in [1.54, 1.807) is 27.6 Å². The van der Waals surface area contributed by atoms with Gasteiger partial charge in [-0.2, -0.15) is 0 Å². The molecule has 1 aromatic carbocycles. The number of piperazine rings is 1. The molecule has 0 N–H and O–H groups in total. The van der Waals surface area contributed by atoms with E-state index in [9.17, 15) is 13.6 Å². The average molecular weight is 395 g/mol. The van der Waals surface area contributed by atoms with Crippen molar-refractivity contribution < 1.29 is 13.6 Å². The first-order chi connectivity index (χ1) is 14.1. The first-order valence-corrected chi connectivity index (χ1v) is 9.36. The molecule has 0 atom stereocenters. The van der Waals surface area contributed by atoms with Gasteiger partial charge in [0.2, 0.25) is 5.65 Å². The summed E-state index contributed by atoms with van der Waals surface area (Å²) in [7, 11) is 0. The number of benzene rings is 1. The summed E-state index contributed by atoms with van der Waals surface area (Å²) in [5.74, 6) is -0.839. The molecule has 2 aromatic heterocycles. The first kappa shape index (κ1) is 19.0. The van der Waals surface area contributed by atoms with Gasteiger partial charge in [-0.1, -0.05) is 12.6 Å². The molecule has 148 valence electrons. The van der Waals surface area contributed by atoms with E-state index in [1.807, 2.05) is 0 Å². The van der Waals surface area contributed by atoms with E-state index in [-0.39, 0.29) is 5.91 Å². The largest absolute Gasteiger partial charge is 0.362 e. The number of rotatable bonds is 4. The van der Waals surface area contributed by atoms with Gasteiger partial charge < -0.3 is 9.74 Å². The van der Waals surface area contributed by atoms with Crippen molar-refractivity contribution >= 4 is 17.4 Å². The quantitative estimate of drug-likeness (QED) is 0.638. The van der Waals surface area contributed by atoms with Gasteiger partial charge in [-0.3, -0.25) is 9.69 Å². The van der Waals surface area contributed by atoms with E-state index in [4.69, 9.17) is 6.57 Å². The van der Waals surface area contributed by atoms with E-state index in [1.165, 1.54) is 18.3 Å². The van der Waals surface area contributed by atoms with E-state index in [0.717, 1.165) is 6.07 Å². The Morgan fingerprint density at radius 2 is 1.97 bits per heavy atom. The molecule has 0 unspecified atom stereocenters. The zero-order valence-corrected chi connectivity index (χ0v) is 15.7. The predicted molar refractivity (Wildman–Crippen MR) is 104 cm³/mol. The van der Waals surface area contributed by atoms with Crippen molar-refractivity contribution in [2.75, 3.05) is 32.7 Å². The van der Waals surface area contributed by atoms with E-state index >= 15 is 0 Å². The Kier molecular flexibility index (Phi) is 5.23. The molecule has 1 amide bonds. The molecule has 0 bridgehead atoms. The molecule has 1 aliphatic rings. The highest BCUT2D eigenvalue weighted by atomic mass is 19.1. The Bertz CT molecular complexity index is 1100. The first-order valence-electron chi connectivity index (χ1n) is 9.36. The Morgan fingerprint density at radius 1 is 1.17 bits per heavy atom. The molecule has 29 heavy (non-hydrogen) atoms. The number of hydrogen-bond donors (Lipinski definition) is 0. The molecular weight excluding hydrogens is 376 g/mol. The summed E-state index contributed by atoms with van der Waals surface area (Å²) in [6, 6.07) is 7.12. The fourth-order valence-electron chi connectivity index (χ4n) is 3.60. The predicted octanol–water partition coefficient (Wildman–Crippen LogP) is 3.16. The van der Waals surface area contributed by atoms with Crippen molar-refractivity contribution in [2.24, 2.45) is 0 Å². The van der Waals surface area contributed by atoms with Gasteiger partial charge in [-0.25, -0.2) is 18.2 Å². The van der Waals surface area contributed by atoms with Crippen LogP contribution in [-0.2, 0) is 6.42 Å². The summed E-state index contributed by atoms with van der Waals surface area (Å²) in [6.45, 7) is 10.3. The van der Waals surface area contributed by atoms with Crippen LogP contribution in [0.1, 0.15) is 15.9 Å². The highest BCUT2D eigenvalue weighted by Crippen LogP contribution is 2.20. The number of imidazole rings is 1. The monoisotopic (exact) mass is 395 g/mol. The summed E-state index contributed by atoms with van der Waals surface area (Å²) in [4.78, 5) is 24.5. The minimum absolute atomic E-state index is 0.109. The van der Waals surface area contributed by atoms with Crippen molar-refractivity contribution in [1.29, 1.82) is 0 Å². The third-order valence-electron chi connectivity index (χ3n) is 5.23. The molecule has 1 fully saturated rings. The molecular formula is C21H19F2N5O. The number of carbonyl (C=O) groups is 1. The van der Waals surface area contributed by atoms with Crippen molar-refractivity contribution in [3.05, 3.63) is 76.9 Å². The maximum absolute atomic E-state index is 13.8. The second-order valence-corrected chi connectivity index (χ2v) is 6.96. The van der Waals surface area contributed by atoms with Crippen LogP contribution in [-0.4, -0.2) is 57.8 Å². The summed E-state index contributed by atoms with van der Waals surface area (Å²) < 4.78 is 28.4. The lowest BCUT2D eigenvalue weighted by Crippen LogP contribution is -2.49. The molecule has 0 saturated carbocycles. The maximum atomic E-state index is 13.8. The number of hydrogen-bond acceptors (Lipinski definition) is 3. The molecule has 0 aliphatic carbocycles. The fourth-order valence-corrected chi connectivity index (χ4v) is 3.60. The number of aromatic nitrogens is 2. The highest BCUT2D eigenvalue weighted by Gasteiger charge is 2.25. The van der Waals surface area contributed by atoms with Crippen molar-refractivity contribution in [2.45, 2.75) is 6.42 Å². The Hall–Kier alpha value is -3.31. The number of carbonyl (C=O) groups excluding carboxylic acids is 1. The number of fused-ring (bicyclic) bond motifs is 1. The SMILES string of the molecule is [C-]#[N+]c1cnc2c(C(=O)N3CCN(CCc4ccc(F)cc4F)CC3)cccn12. The zero-order chi connectivity index (χ0) is 20.4. The molecule has 0 spiro atoms. The average Bonchev–Trinajstić information content (AvgIpc) is 3.16. The Labute approximate surface area is 166 Å². The minimum atomic E-state index is -0.575. The van der Waals surface area contributed by atoms with Crippen LogP contribution in [0.4, 0.5) is 14.6 Å². The molecule has 1 saturated heterocycles. The second-order valence-electron chi connectivity index (χ2n) is 6.96. The smallest absolute Gasteiger partial charge is 0.259 e. The maximum Gasteiger partial charge on any atom is 0.259 e. The molecule has 6 nitrogen and oxygen atoms in total. The lowest BCUT2D eigenvalue weighted by molar-refractivity contribution is 0.0639. The van der Waals surface area contributed by atoms with Crippen molar-refractivity contribution in [1.82, 2.24) is 19.2 Å². The van der Waals surface area contributed by atoms with Gasteiger partial charge in [-0.15, -0.1) is 0 Å². The van der Waals surface area contributed by atoms with E-state index < -0.39 is 11.6 Å². The molecule has 8 heteroatoms. The van der Waals surface area contributed by atoms with Crippen LogP contribution in [0, 0.1) is 18.2 Å². The van der Waals surface area contributed by atoms with Gasteiger partial charge in [0.1, 0.15) is 17.2 Å². The van der Waals surface area contributed by atoms with Gasteiger partial charge in [0, 0.05) is 38.8 Å². The Balaban J connectivity index is 1.38. The van der Waals surface area contributed by atoms with Crippen LogP contribution < -0.4 is 0 Å². The van der Waals surface area contributed by atoms with Crippen LogP contribution >= 0.6 is 0 Å². The lowest BCUT2D eigenvalue weighted by Gasteiger charge is -2.34. The number of halogens is 2. The van der Waals surface area contributed by atoms with Crippen LogP contribution in [0.15, 0.2) is 42.7 Å². The van der Waals surface area contributed by atoms with Crippen LogP contribution in [0.2, 0.25) is 0 Å². The summed E-state index contributed by atoms with van der Waals surface area (Å²) in [5.41, 5.74) is 1.45. The van der Waals surface area contributed by atoms with Crippen molar-refractivity contribution in [3.63, 3.8) is 0 Å². The van der Waals surface area contributed by atoms with Gasteiger partial charge in [-0.05, 0) is 30.2 Å². The molecule has 3 aromatic rings. The van der Waals surface area contributed by atoms with Gasteiger partial charge in [0.05, 0.1) is 12.4 Å². The van der Waals surface area contributed by atoms with E-state index in [2.05, 4.69) is 14.7 Å². The molecule has 3 heterocycles. The number of amides is 1.